The van der Waals surface area contributed by atoms with E-state index < -0.39 is 0 Å². The molecule has 0 radical (unpaired) electrons. The van der Waals surface area contributed by atoms with Gasteiger partial charge in [-0.05, 0) is 49.4 Å². The highest BCUT2D eigenvalue weighted by atomic mass is 16.5. The first kappa shape index (κ1) is 17.7. The number of hydrogen-bond acceptors (Lipinski definition) is 3. The molecule has 0 aliphatic heterocycles. The number of benzene rings is 3. The lowest BCUT2D eigenvalue weighted by atomic mass is 10.1. The molecule has 4 aromatic rings. The standard InChI is InChI=1S/C24H20N2O2/c1-17-11-14-19(15-12-17)26-23(16-13-18-7-3-6-10-22(18)28-2)25-21-9-5-4-8-20(21)24(26)27/h3-16H,1-2H3/b16-13+. The zero-order valence-electron chi connectivity index (χ0n) is 15.8. The number of fused-ring (bicyclic) bond motifs is 1. The van der Waals surface area contributed by atoms with Gasteiger partial charge in [-0.1, -0.05) is 48.0 Å². The topological polar surface area (TPSA) is 44.1 Å². The highest BCUT2D eigenvalue weighted by molar-refractivity contribution is 5.80. The van der Waals surface area contributed by atoms with Crippen LogP contribution in [0.15, 0.2) is 77.6 Å². The number of hydrogen-bond donors (Lipinski definition) is 0. The van der Waals surface area contributed by atoms with Gasteiger partial charge in [0.2, 0.25) is 0 Å². The predicted octanol–water partition coefficient (Wildman–Crippen LogP) is 4.87. The Bertz CT molecular complexity index is 1220. The molecule has 0 atom stereocenters. The molecule has 4 heteroatoms. The second-order valence-electron chi connectivity index (χ2n) is 6.54. The van der Waals surface area contributed by atoms with E-state index in [9.17, 15) is 4.79 Å². The van der Waals surface area contributed by atoms with Crippen molar-refractivity contribution in [1.82, 2.24) is 9.55 Å². The lowest BCUT2D eigenvalue weighted by molar-refractivity contribution is 0.414. The molecule has 0 unspecified atom stereocenters. The van der Waals surface area contributed by atoms with Crippen LogP contribution in [0.1, 0.15) is 17.0 Å². The van der Waals surface area contributed by atoms with Gasteiger partial charge in [-0.3, -0.25) is 9.36 Å². The van der Waals surface area contributed by atoms with Crippen LogP contribution in [0.5, 0.6) is 5.75 Å². The number of ether oxygens (including phenoxy) is 1. The molecular weight excluding hydrogens is 348 g/mol. The third-order valence-electron chi connectivity index (χ3n) is 4.64. The summed E-state index contributed by atoms with van der Waals surface area (Å²) in [6.07, 6.45) is 3.77. The Morgan fingerprint density at radius 1 is 0.893 bits per heavy atom. The van der Waals surface area contributed by atoms with E-state index in [1.165, 1.54) is 0 Å². The summed E-state index contributed by atoms with van der Waals surface area (Å²) in [7, 11) is 1.64. The highest BCUT2D eigenvalue weighted by Crippen LogP contribution is 2.21. The lowest BCUT2D eigenvalue weighted by Crippen LogP contribution is -2.22. The maximum Gasteiger partial charge on any atom is 0.266 e. The summed E-state index contributed by atoms with van der Waals surface area (Å²) in [6.45, 7) is 2.02. The number of para-hydroxylation sites is 2. The predicted molar refractivity (Wildman–Crippen MR) is 114 cm³/mol. The van der Waals surface area contributed by atoms with Crippen molar-refractivity contribution < 1.29 is 4.74 Å². The zero-order valence-corrected chi connectivity index (χ0v) is 15.8. The molecule has 0 amide bonds. The number of rotatable bonds is 4. The Labute approximate surface area is 163 Å². The molecule has 3 aromatic carbocycles. The Balaban J connectivity index is 1.93. The molecule has 4 nitrogen and oxygen atoms in total. The fourth-order valence-corrected chi connectivity index (χ4v) is 3.17. The van der Waals surface area contributed by atoms with Gasteiger partial charge in [0.25, 0.3) is 5.56 Å². The van der Waals surface area contributed by atoms with E-state index in [4.69, 9.17) is 9.72 Å². The Morgan fingerprint density at radius 3 is 2.39 bits per heavy atom. The molecule has 28 heavy (non-hydrogen) atoms. The smallest absolute Gasteiger partial charge is 0.266 e. The van der Waals surface area contributed by atoms with Crippen LogP contribution >= 0.6 is 0 Å². The monoisotopic (exact) mass is 368 g/mol. The van der Waals surface area contributed by atoms with Gasteiger partial charge in [0.05, 0.1) is 23.7 Å². The van der Waals surface area contributed by atoms with E-state index >= 15 is 0 Å². The van der Waals surface area contributed by atoms with Crippen LogP contribution in [-0.2, 0) is 0 Å². The minimum absolute atomic E-state index is 0.0888. The fourth-order valence-electron chi connectivity index (χ4n) is 3.17. The molecule has 0 saturated carbocycles. The van der Waals surface area contributed by atoms with Crippen molar-refractivity contribution in [3.8, 4) is 11.4 Å². The van der Waals surface area contributed by atoms with Crippen LogP contribution in [0.4, 0.5) is 0 Å². The van der Waals surface area contributed by atoms with Crippen molar-refractivity contribution in [3.63, 3.8) is 0 Å². The maximum atomic E-state index is 13.2. The van der Waals surface area contributed by atoms with Crippen LogP contribution in [-0.4, -0.2) is 16.7 Å². The van der Waals surface area contributed by atoms with Gasteiger partial charge in [-0.2, -0.15) is 0 Å². The highest BCUT2D eigenvalue weighted by Gasteiger charge is 2.11. The third-order valence-corrected chi connectivity index (χ3v) is 4.64. The summed E-state index contributed by atoms with van der Waals surface area (Å²) in [5, 5.41) is 0.595. The summed E-state index contributed by atoms with van der Waals surface area (Å²) in [4.78, 5) is 18.0. The van der Waals surface area contributed by atoms with Gasteiger partial charge < -0.3 is 4.74 Å². The van der Waals surface area contributed by atoms with Crippen LogP contribution in [0.2, 0.25) is 0 Å². The molecular formula is C24H20N2O2. The van der Waals surface area contributed by atoms with Crippen molar-refractivity contribution in [2.24, 2.45) is 0 Å². The molecule has 0 spiro atoms. The first-order valence-corrected chi connectivity index (χ1v) is 9.07. The quantitative estimate of drug-likeness (QED) is 0.516. The zero-order chi connectivity index (χ0) is 19.5. The molecule has 0 N–H and O–H groups in total. The van der Waals surface area contributed by atoms with Crippen LogP contribution < -0.4 is 10.3 Å². The molecule has 1 aromatic heterocycles. The Hall–Kier alpha value is -3.66. The van der Waals surface area contributed by atoms with E-state index in [1.54, 1.807) is 11.7 Å². The van der Waals surface area contributed by atoms with Gasteiger partial charge in [0.1, 0.15) is 11.6 Å². The van der Waals surface area contributed by atoms with E-state index in [0.717, 1.165) is 22.6 Å². The van der Waals surface area contributed by atoms with E-state index in [0.29, 0.717) is 16.7 Å². The minimum atomic E-state index is -0.0888. The van der Waals surface area contributed by atoms with Gasteiger partial charge in [0.15, 0.2) is 0 Å². The first-order valence-electron chi connectivity index (χ1n) is 9.07. The molecule has 0 bridgehead atoms. The summed E-state index contributed by atoms with van der Waals surface area (Å²) in [6, 6.07) is 23.0. The second-order valence-corrected chi connectivity index (χ2v) is 6.54. The number of aryl methyl sites for hydroxylation is 1. The van der Waals surface area contributed by atoms with Crippen LogP contribution in [0, 0.1) is 6.92 Å². The average molecular weight is 368 g/mol. The third kappa shape index (κ3) is 3.32. The van der Waals surface area contributed by atoms with Crippen molar-refractivity contribution >= 4 is 23.1 Å². The summed E-state index contributed by atoms with van der Waals surface area (Å²) < 4.78 is 7.06. The molecule has 1 heterocycles. The molecule has 4 rings (SSSR count). The van der Waals surface area contributed by atoms with Gasteiger partial charge in [-0.25, -0.2) is 4.98 Å². The summed E-state index contributed by atoms with van der Waals surface area (Å²) in [5.74, 6) is 1.34. The SMILES string of the molecule is COc1ccccc1/C=C/c1nc2ccccc2c(=O)n1-c1ccc(C)cc1. The van der Waals surface area contributed by atoms with Crippen molar-refractivity contribution in [2.45, 2.75) is 6.92 Å². The second kappa shape index (κ2) is 7.53. The van der Waals surface area contributed by atoms with E-state index in [-0.39, 0.29) is 5.56 Å². The molecule has 0 aliphatic carbocycles. The maximum absolute atomic E-state index is 13.2. The molecule has 0 saturated heterocycles. The van der Waals surface area contributed by atoms with Gasteiger partial charge >= 0.3 is 0 Å². The van der Waals surface area contributed by atoms with E-state index in [2.05, 4.69) is 0 Å². The lowest BCUT2D eigenvalue weighted by Gasteiger charge is -2.12. The van der Waals surface area contributed by atoms with Crippen molar-refractivity contribution in [2.75, 3.05) is 7.11 Å². The number of aromatic nitrogens is 2. The minimum Gasteiger partial charge on any atom is -0.496 e. The fraction of sp³-hybridized carbons (Fsp3) is 0.0833. The van der Waals surface area contributed by atoms with E-state index in [1.807, 2.05) is 91.9 Å². The van der Waals surface area contributed by atoms with Gasteiger partial charge in [0, 0.05) is 5.56 Å². The van der Waals surface area contributed by atoms with Crippen molar-refractivity contribution in [3.05, 3.63) is 100 Å². The van der Waals surface area contributed by atoms with Crippen LogP contribution in [0.3, 0.4) is 0 Å². The average Bonchev–Trinajstić information content (AvgIpc) is 2.73. The molecule has 0 fully saturated rings. The Morgan fingerprint density at radius 2 is 1.61 bits per heavy atom. The molecule has 138 valence electrons. The van der Waals surface area contributed by atoms with Crippen molar-refractivity contribution in [1.29, 1.82) is 0 Å². The first-order chi connectivity index (χ1) is 13.7. The largest absolute Gasteiger partial charge is 0.496 e. The number of nitrogens with zero attached hydrogens (tertiary/aromatic N) is 2. The Kier molecular flexibility index (Phi) is 4.77. The molecule has 0 aliphatic rings. The van der Waals surface area contributed by atoms with Crippen LogP contribution in [0.25, 0.3) is 28.7 Å². The summed E-state index contributed by atoms with van der Waals surface area (Å²) in [5.41, 5.74) is 3.43. The summed E-state index contributed by atoms with van der Waals surface area (Å²) >= 11 is 0. The van der Waals surface area contributed by atoms with Gasteiger partial charge in [-0.15, -0.1) is 0 Å². The normalized spacial score (nSPS) is 11.2. The number of methoxy groups -OCH3 is 1.